The minimum absolute atomic E-state index is 0.0177. The van der Waals surface area contributed by atoms with Crippen LogP contribution in [0.25, 0.3) is 0 Å². The van der Waals surface area contributed by atoms with Crippen LogP contribution >= 0.6 is 11.6 Å². The molecule has 0 aromatic heterocycles. The maximum atomic E-state index is 12.9. The van der Waals surface area contributed by atoms with Crippen molar-refractivity contribution in [3.05, 3.63) is 70.5 Å². The van der Waals surface area contributed by atoms with Crippen molar-refractivity contribution in [2.24, 2.45) is 0 Å². The third-order valence-electron chi connectivity index (χ3n) is 3.74. The molecular formula is C18H20ClFN2O3S. The Morgan fingerprint density at radius 1 is 1.15 bits per heavy atom. The van der Waals surface area contributed by atoms with Crippen LogP contribution in [0.15, 0.2) is 48.5 Å². The number of sulfonamides is 1. The van der Waals surface area contributed by atoms with Gasteiger partial charge in [0.15, 0.2) is 0 Å². The van der Waals surface area contributed by atoms with Gasteiger partial charge >= 0.3 is 0 Å². The van der Waals surface area contributed by atoms with E-state index in [9.17, 15) is 17.6 Å². The van der Waals surface area contributed by atoms with Gasteiger partial charge in [-0.1, -0.05) is 41.9 Å². The van der Waals surface area contributed by atoms with Gasteiger partial charge in [-0.25, -0.2) is 12.8 Å². The van der Waals surface area contributed by atoms with E-state index in [2.05, 4.69) is 5.32 Å². The number of amides is 1. The number of hydrogen-bond donors (Lipinski definition) is 1. The fourth-order valence-corrected chi connectivity index (χ4v) is 3.24. The molecule has 0 fully saturated rings. The minimum atomic E-state index is -3.58. The Balaban J connectivity index is 1.92. The summed E-state index contributed by atoms with van der Waals surface area (Å²) in [5, 5.41) is 3.12. The van der Waals surface area contributed by atoms with Crippen LogP contribution in [-0.2, 0) is 27.8 Å². The lowest BCUT2D eigenvalue weighted by atomic mass is 10.1. The molecule has 0 aliphatic carbocycles. The molecule has 0 saturated carbocycles. The van der Waals surface area contributed by atoms with Crippen molar-refractivity contribution in [1.29, 1.82) is 0 Å². The molecule has 0 unspecified atom stereocenters. The Morgan fingerprint density at radius 2 is 1.81 bits per heavy atom. The molecule has 0 spiro atoms. The number of halogens is 2. The Bertz CT molecular complexity index is 857. The highest BCUT2D eigenvalue weighted by Crippen LogP contribution is 2.18. The average molecular weight is 399 g/mol. The van der Waals surface area contributed by atoms with Gasteiger partial charge in [0.2, 0.25) is 15.9 Å². The summed E-state index contributed by atoms with van der Waals surface area (Å²) in [7, 11) is -3.58. The first-order valence-electron chi connectivity index (χ1n) is 7.95. The molecule has 2 rings (SSSR count). The van der Waals surface area contributed by atoms with E-state index in [0.29, 0.717) is 23.6 Å². The first-order chi connectivity index (χ1) is 12.3. The van der Waals surface area contributed by atoms with E-state index in [0.717, 1.165) is 16.1 Å². The van der Waals surface area contributed by atoms with Crippen LogP contribution in [0.1, 0.15) is 11.1 Å². The smallest absolute Gasteiger partial charge is 0.235 e. The van der Waals surface area contributed by atoms with Gasteiger partial charge in [-0.3, -0.25) is 4.79 Å². The van der Waals surface area contributed by atoms with Gasteiger partial charge in [-0.05, 0) is 35.7 Å². The molecule has 0 bridgehead atoms. The summed E-state index contributed by atoms with van der Waals surface area (Å²) >= 11 is 6.07. The largest absolute Gasteiger partial charge is 0.355 e. The SMILES string of the molecule is CS(=O)(=O)N(CC(=O)NCCc1ccc(F)cc1)Cc1ccccc1Cl. The van der Waals surface area contributed by atoms with Crippen LogP contribution in [0.5, 0.6) is 0 Å². The van der Waals surface area contributed by atoms with Crippen molar-refractivity contribution in [3.63, 3.8) is 0 Å². The highest BCUT2D eigenvalue weighted by molar-refractivity contribution is 7.88. The number of nitrogens with zero attached hydrogens (tertiary/aromatic N) is 1. The summed E-state index contributed by atoms with van der Waals surface area (Å²) in [5.41, 5.74) is 1.50. The van der Waals surface area contributed by atoms with Gasteiger partial charge in [0.25, 0.3) is 0 Å². The van der Waals surface area contributed by atoms with Crippen molar-refractivity contribution in [1.82, 2.24) is 9.62 Å². The number of rotatable bonds is 8. The van der Waals surface area contributed by atoms with Crippen LogP contribution in [-0.4, -0.2) is 38.0 Å². The molecule has 0 aliphatic heterocycles. The molecule has 2 aromatic rings. The van der Waals surface area contributed by atoms with Gasteiger partial charge in [0, 0.05) is 18.1 Å². The zero-order valence-electron chi connectivity index (χ0n) is 14.3. The van der Waals surface area contributed by atoms with E-state index >= 15 is 0 Å². The summed E-state index contributed by atoms with van der Waals surface area (Å²) in [6.45, 7) is 0.0471. The van der Waals surface area contributed by atoms with Crippen LogP contribution in [0, 0.1) is 5.82 Å². The highest BCUT2D eigenvalue weighted by atomic mass is 35.5. The summed E-state index contributed by atoms with van der Waals surface area (Å²) < 4.78 is 37.9. The lowest BCUT2D eigenvalue weighted by Crippen LogP contribution is -2.40. The second kappa shape index (κ2) is 9.12. The van der Waals surface area contributed by atoms with Crippen molar-refractivity contribution in [2.45, 2.75) is 13.0 Å². The monoisotopic (exact) mass is 398 g/mol. The topological polar surface area (TPSA) is 66.5 Å². The molecule has 0 atom stereocenters. The van der Waals surface area contributed by atoms with Gasteiger partial charge in [0.05, 0.1) is 12.8 Å². The molecule has 8 heteroatoms. The van der Waals surface area contributed by atoms with Crippen LogP contribution in [0.3, 0.4) is 0 Å². The van der Waals surface area contributed by atoms with Gasteiger partial charge in [0.1, 0.15) is 5.82 Å². The van der Waals surface area contributed by atoms with E-state index in [1.54, 1.807) is 36.4 Å². The molecule has 0 saturated heterocycles. The quantitative estimate of drug-likeness (QED) is 0.743. The molecule has 5 nitrogen and oxygen atoms in total. The number of carbonyl (C=O) groups excluding carboxylic acids is 1. The molecular weight excluding hydrogens is 379 g/mol. The molecule has 1 N–H and O–H groups in total. The third kappa shape index (κ3) is 6.40. The predicted octanol–water partition coefficient (Wildman–Crippen LogP) is 2.60. The van der Waals surface area contributed by atoms with Crippen molar-refractivity contribution in [3.8, 4) is 0 Å². The third-order valence-corrected chi connectivity index (χ3v) is 5.31. The Morgan fingerprint density at radius 3 is 2.42 bits per heavy atom. The van der Waals surface area contributed by atoms with E-state index < -0.39 is 15.9 Å². The van der Waals surface area contributed by atoms with Gasteiger partial charge in [-0.15, -0.1) is 0 Å². The second-order valence-corrected chi connectivity index (χ2v) is 8.24. The Hall–Kier alpha value is -1.96. The van der Waals surface area contributed by atoms with Crippen LogP contribution in [0.2, 0.25) is 5.02 Å². The van der Waals surface area contributed by atoms with Crippen LogP contribution in [0.4, 0.5) is 4.39 Å². The number of hydrogen-bond acceptors (Lipinski definition) is 3. The van der Waals surface area contributed by atoms with E-state index in [1.807, 2.05) is 0 Å². The lowest BCUT2D eigenvalue weighted by Gasteiger charge is -2.20. The number of nitrogens with one attached hydrogen (secondary N) is 1. The van der Waals surface area contributed by atoms with Gasteiger partial charge in [-0.2, -0.15) is 4.31 Å². The molecule has 140 valence electrons. The van der Waals surface area contributed by atoms with Crippen LogP contribution < -0.4 is 5.32 Å². The lowest BCUT2D eigenvalue weighted by molar-refractivity contribution is -0.121. The zero-order valence-corrected chi connectivity index (χ0v) is 15.9. The normalized spacial score (nSPS) is 11.5. The average Bonchev–Trinajstić information content (AvgIpc) is 2.57. The molecule has 1 amide bonds. The Kier molecular flexibility index (Phi) is 7.14. The molecule has 0 heterocycles. The summed E-state index contributed by atoms with van der Waals surface area (Å²) in [6.07, 6.45) is 1.57. The fraction of sp³-hybridized carbons (Fsp3) is 0.278. The summed E-state index contributed by atoms with van der Waals surface area (Å²) in [6, 6.07) is 12.9. The van der Waals surface area contributed by atoms with E-state index in [1.165, 1.54) is 12.1 Å². The standard InChI is InChI=1S/C18H20ClFN2O3S/c1-26(24,25)22(12-15-4-2-3-5-17(15)19)13-18(23)21-11-10-14-6-8-16(20)9-7-14/h2-9H,10-13H2,1H3,(H,21,23). The van der Waals surface area contributed by atoms with E-state index in [-0.39, 0.29) is 18.9 Å². The van der Waals surface area contributed by atoms with Gasteiger partial charge < -0.3 is 5.32 Å². The number of carbonyl (C=O) groups is 1. The zero-order chi connectivity index (χ0) is 19.2. The summed E-state index contributed by atoms with van der Waals surface area (Å²) in [5.74, 6) is -0.731. The predicted molar refractivity (Wildman–Crippen MR) is 99.8 cm³/mol. The van der Waals surface area contributed by atoms with Crippen molar-refractivity contribution < 1.29 is 17.6 Å². The number of benzene rings is 2. The molecule has 26 heavy (non-hydrogen) atoms. The fourth-order valence-electron chi connectivity index (χ4n) is 2.32. The second-order valence-electron chi connectivity index (χ2n) is 5.85. The maximum absolute atomic E-state index is 12.9. The minimum Gasteiger partial charge on any atom is -0.355 e. The maximum Gasteiger partial charge on any atom is 0.235 e. The van der Waals surface area contributed by atoms with E-state index in [4.69, 9.17) is 11.6 Å². The first-order valence-corrected chi connectivity index (χ1v) is 10.2. The highest BCUT2D eigenvalue weighted by Gasteiger charge is 2.21. The molecule has 0 aliphatic rings. The first kappa shape index (κ1) is 20.4. The molecule has 0 radical (unpaired) electrons. The molecule has 2 aromatic carbocycles. The van der Waals surface area contributed by atoms with Crippen molar-refractivity contribution >= 4 is 27.5 Å². The van der Waals surface area contributed by atoms with Crippen molar-refractivity contribution in [2.75, 3.05) is 19.3 Å². The summed E-state index contributed by atoms with van der Waals surface area (Å²) in [4.78, 5) is 12.1. The Labute approximate surface area is 157 Å².